The Hall–Kier alpha value is -1.43. The van der Waals surface area contributed by atoms with Gasteiger partial charge in [0.2, 0.25) is 5.91 Å². The van der Waals surface area contributed by atoms with Gasteiger partial charge >= 0.3 is 0 Å². The second-order valence-electron chi connectivity index (χ2n) is 18.4. The van der Waals surface area contributed by atoms with Crippen molar-refractivity contribution in [1.29, 1.82) is 0 Å². The summed E-state index contributed by atoms with van der Waals surface area (Å²) in [4.78, 5) is 12.5. The molecule has 0 radical (unpaired) electrons. The van der Waals surface area contributed by atoms with E-state index in [0.717, 1.165) is 44.9 Å². The Labute approximate surface area is 374 Å². The summed E-state index contributed by atoms with van der Waals surface area (Å²) in [5.41, 5.74) is 0. The zero-order chi connectivity index (χ0) is 43.7. The largest absolute Gasteiger partial charge is 0.394 e. The van der Waals surface area contributed by atoms with Crippen LogP contribution in [-0.2, 0) is 4.79 Å². The monoisotopic (exact) mass is 844 g/mol. The minimum atomic E-state index is -1.11. The van der Waals surface area contributed by atoms with E-state index < -0.39 is 24.2 Å². The van der Waals surface area contributed by atoms with Gasteiger partial charge in [0.05, 0.1) is 18.8 Å². The number of aliphatic hydroxyl groups is 3. The average Bonchev–Trinajstić information content (AvgIpc) is 3.25. The number of aliphatic hydroxyl groups excluding tert-OH is 3. The van der Waals surface area contributed by atoms with Crippen LogP contribution in [0.2, 0.25) is 0 Å². The lowest BCUT2D eigenvalue weighted by Crippen LogP contribution is -2.48. The third-order valence-corrected chi connectivity index (χ3v) is 12.5. The molecule has 0 heterocycles. The van der Waals surface area contributed by atoms with Gasteiger partial charge in [-0.25, -0.2) is 0 Å². The molecule has 0 spiro atoms. The SMILES string of the molecule is CCCCCCCCCCCCCC/C=C/CC/C=C/CC/C=C/C(O)C(CO)NC(=O)C(O)CCCCCCCCCCCCCCCCCCCCCCCCCC. The Kier molecular flexibility index (Phi) is 49.0. The molecule has 0 aliphatic heterocycles. The molecule has 0 bridgehead atoms. The zero-order valence-corrected chi connectivity index (χ0v) is 40.4. The fourth-order valence-corrected chi connectivity index (χ4v) is 8.28. The number of hydrogen-bond donors (Lipinski definition) is 4. The second-order valence-corrected chi connectivity index (χ2v) is 18.4. The topological polar surface area (TPSA) is 89.8 Å². The number of carbonyl (C=O) groups is 1. The van der Waals surface area contributed by atoms with Gasteiger partial charge in [-0.15, -0.1) is 0 Å². The average molecular weight is 844 g/mol. The minimum Gasteiger partial charge on any atom is -0.394 e. The van der Waals surface area contributed by atoms with Gasteiger partial charge < -0.3 is 20.6 Å². The molecule has 5 heteroatoms. The Morgan fingerprint density at radius 1 is 0.400 bits per heavy atom. The minimum absolute atomic E-state index is 0.379. The van der Waals surface area contributed by atoms with E-state index in [1.165, 1.54) is 218 Å². The molecule has 0 aromatic carbocycles. The summed E-state index contributed by atoms with van der Waals surface area (Å²) in [5.74, 6) is -0.512. The fourth-order valence-electron chi connectivity index (χ4n) is 8.28. The van der Waals surface area contributed by atoms with Crippen LogP contribution in [0.3, 0.4) is 0 Å². The van der Waals surface area contributed by atoms with Crippen LogP contribution in [-0.4, -0.2) is 46.1 Å². The van der Waals surface area contributed by atoms with E-state index in [1.54, 1.807) is 6.08 Å². The van der Waals surface area contributed by atoms with Gasteiger partial charge in [0.1, 0.15) is 6.10 Å². The first-order valence-corrected chi connectivity index (χ1v) is 26.8. The van der Waals surface area contributed by atoms with Crippen molar-refractivity contribution in [1.82, 2.24) is 5.32 Å². The molecule has 0 aliphatic rings. The van der Waals surface area contributed by atoms with E-state index in [9.17, 15) is 20.1 Å². The van der Waals surface area contributed by atoms with Crippen molar-refractivity contribution in [2.75, 3.05) is 6.61 Å². The molecule has 0 aromatic rings. The predicted octanol–water partition coefficient (Wildman–Crippen LogP) is 16.3. The maximum atomic E-state index is 12.5. The van der Waals surface area contributed by atoms with E-state index in [1.807, 2.05) is 6.08 Å². The van der Waals surface area contributed by atoms with E-state index >= 15 is 0 Å². The fraction of sp³-hybridized carbons (Fsp3) is 0.873. The molecule has 0 aliphatic carbocycles. The van der Waals surface area contributed by atoms with Crippen LogP contribution in [0.4, 0.5) is 0 Å². The molecule has 0 aromatic heterocycles. The van der Waals surface area contributed by atoms with Gasteiger partial charge in [-0.3, -0.25) is 4.79 Å². The first-order chi connectivity index (χ1) is 29.6. The molecule has 3 unspecified atom stereocenters. The summed E-state index contributed by atoms with van der Waals surface area (Å²) in [7, 11) is 0. The van der Waals surface area contributed by atoms with Crippen LogP contribution in [0.1, 0.15) is 284 Å². The highest BCUT2D eigenvalue weighted by atomic mass is 16.3. The lowest BCUT2D eigenvalue weighted by molar-refractivity contribution is -0.131. The molecular formula is C55H105NO4. The maximum Gasteiger partial charge on any atom is 0.249 e. The summed E-state index contributed by atoms with van der Waals surface area (Å²) in [6.07, 6.45) is 65.0. The Balaban J connectivity index is 3.63. The van der Waals surface area contributed by atoms with Gasteiger partial charge in [-0.05, 0) is 44.9 Å². The molecule has 0 rings (SSSR count). The molecule has 354 valence electrons. The van der Waals surface area contributed by atoms with Gasteiger partial charge in [-0.1, -0.05) is 275 Å². The number of rotatable bonds is 49. The molecule has 4 N–H and O–H groups in total. The molecule has 0 saturated heterocycles. The standard InChI is InChI=1S/C55H105NO4/c1-3-5-7-9-11-13-15-17-19-21-23-25-27-28-30-32-34-36-38-40-42-44-46-48-50-54(59)55(60)56-52(51-57)53(58)49-47-45-43-41-39-37-35-33-31-29-26-24-22-20-18-16-14-12-10-8-6-4-2/h31,33,39,41,47,49,52-54,57-59H,3-30,32,34-38,40,42-46,48,50-51H2,1-2H3,(H,56,60)/b33-31+,41-39+,49-47+. The highest BCUT2D eigenvalue weighted by Gasteiger charge is 2.22. The summed E-state index contributed by atoms with van der Waals surface area (Å²) in [6, 6.07) is -0.820. The third kappa shape index (κ3) is 44.6. The number of hydrogen-bond acceptors (Lipinski definition) is 4. The van der Waals surface area contributed by atoms with E-state index in [-0.39, 0.29) is 6.61 Å². The quantitative estimate of drug-likeness (QED) is 0.0363. The highest BCUT2D eigenvalue weighted by Crippen LogP contribution is 2.17. The van der Waals surface area contributed by atoms with Crippen molar-refractivity contribution in [2.45, 2.75) is 302 Å². The van der Waals surface area contributed by atoms with Crippen LogP contribution in [0.15, 0.2) is 36.5 Å². The first-order valence-electron chi connectivity index (χ1n) is 26.8. The van der Waals surface area contributed by atoms with Crippen LogP contribution in [0.5, 0.6) is 0 Å². The van der Waals surface area contributed by atoms with Crippen LogP contribution >= 0.6 is 0 Å². The molecule has 1 amide bonds. The van der Waals surface area contributed by atoms with E-state index in [2.05, 4.69) is 43.5 Å². The molecule has 3 atom stereocenters. The van der Waals surface area contributed by atoms with E-state index in [4.69, 9.17) is 0 Å². The van der Waals surface area contributed by atoms with Crippen LogP contribution < -0.4 is 5.32 Å². The van der Waals surface area contributed by atoms with Crippen molar-refractivity contribution in [3.63, 3.8) is 0 Å². The van der Waals surface area contributed by atoms with Gasteiger partial charge in [0.15, 0.2) is 0 Å². The number of carbonyl (C=O) groups excluding carboxylic acids is 1. The normalized spacial score (nSPS) is 13.6. The van der Waals surface area contributed by atoms with Gasteiger partial charge in [0, 0.05) is 0 Å². The van der Waals surface area contributed by atoms with Crippen molar-refractivity contribution in [2.24, 2.45) is 0 Å². The van der Waals surface area contributed by atoms with Crippen molar-refractivity contribution in [3.8, 4) is 0 Å². The van der Waals surface area contributed by atoms with Crippen molar-refractivity contribution >= 4 is 5.91 Å². The smallest absolute Gasteiger partial charge is 0.249 e. The summed E-state index contributed by atoms with van der Waals surface area (Å²) < 4.78 is 0. The summed E-state index contributed by atoms with van der Waals surface area (Å²) >= 11 is 0. The van der Waals surface area contributed by atoms with E-state index in [0.29, 0.717) is 6.42 Å². The van der Waals surface area contributed by atoms with Crippen molar-refractivity contribution in [3.05, 3.63) is 36.5 Å². The molecular weight excluding hydrogens is 739 g/mol. The van der Waals surface area contributed by atoms with Crippen LogP contribution in [0, 0.1) is 0 Å². The molecule has 0 saturated carbocycles. The third-order valence-electron chi connectivity index (χ3n) is 12.5. The lowest BCUT2D eigenvalue weighted by Gasteiger charge is -2.21. The molecule has 60 heavy (non-hydrogen) atoms. The predicted molar refractivity (Wildman–Crippen MR) is 264 cm³/mol. The zero-order valence-electron chi connectivity index (χ0n) is 40.4. The Morgan fingerprint density at radius 2 is 0.683 bits per heavy atom. The highest BCUT2D eigenvalue weighted by molar-refractivity contribution is 5.80. The number of nitrogens with one attached hydrogen (secondary N) is 1. The van der Waals surface area contributed by atoms with Gasteiger partial charge in [-0.2, -0.15) is 0 Å². The second kappa shape index (κ2) is 50.2. The number of unbranched alkanes of at least 4 members (excludes halogenated alkanes) is 37. The Morgan fingerprint density at radius 3 is 1.02 bits per heavy atom. The van der Waals surface area contributed by atoms with Crippen LogP contribution in [0.25, 0.3) is 0 Å². The van der Waals surface area contributed by atoms with Gasteiger partial charge in [0.25, 0.3) is 0 Å². The number of allylic oxidation sites excluding steroid dienone is 5. The first kappa shape index (κ1) is 58.6. The lowest BCUT2D eigenvalue weighted by atomic mass is 10.0. The summed E-state index contributed by atoms with van der Waals surface area (Å²) in [5, 5.41) is 33.3. The number of amides is 1. The van der Waals surface area contributed by atoms with Crippen molar-refractivity contribution < 1.29 is 20.1 Å². The summed E-state index contributed by atoms with van der Waals surface area (Å²) in [6.45, 7) is 4.20. The molecule has 5 nitrogen and oxygen atoms in total. The Bertz CT molecular complexity index is 931. The molecule has 0 fully saturated rings. The maximum absolute atomic E-state index is 12.5.